The number of primary amides is 1. The fraction of sp³-hybridized carbons (Fsp3) is 0.370. The van der Waals surface area contributed by atoms with E-state index in [1.807, 2.05) is 64.1 Å². The van der Waals surface area contributed by atoms with Crippen LogP contribution in [0.1, 0.15) is 76.6 Å². The number of nitrogens with two attached hydrogens (primary N) is 2. The molecule has 1 aliphatic heterocycles. The van der Waals surface area contributed by atoms with Gasteiger partial charge in [-0.3, -0.25) is 19.3 Å². The van der Waals surface area contributed by atoms with Gasteiger partial charge in [-0.1, -0.05) is 107 Å². The highest BCUT2D eigenvalue weighted by Crippen LogP contribution is 2.44. The number of hydrogen-bond acceptors (Lipinski definition) is 8. The molecule has 4 aromatic rings. The molecule has 0 atom stereocenters. The molecule has 1 heterocycles. The van der Waals surface area contributed by atoms with E-state index in [4.69, 9.17) is 26.4 Å². The van der Waals surface area contributed by atoms with Gasteiger partial charge in [0, 0.05) is 68.4 Å². The Labute approximate surface area is 354 Å². The second kappa shape index (κ2) is 24.9. The first kappa shape index (κ1) is 48.5. The van der Waals surface area contributed by atoms with Crippen molar-refractivity contribution in [1.82, 2.24) is 14.7 Å². The van der Waals surface area contributed by atoms with Crippen LogP contribution in [0.15, 0.2) is 91.0 Å². The van der Waals surface area contributed by atoms with E-state index in [9.17, 15) is 23.6 Å². The molecule has 14 heteroatoms. The Morgan fingerprint density at radius 2 is 1.33 bits per heavy atom. The number of fused-ring (bicyclic) bond motifs is 3. The number of amides is 4. The highest BCUT2D eigenvalue weighted by Gasteiger charge is 2.32. The summed E-state index contributed by atoms with van der Waals surface area (Å²) in [7, 11) is 4.50. The number of benzene rings is 4. The van der Waals surface area contributed by atoms with E-state index in [0.717, 1.165) is 22.3 Å². The molecule has 1 aliphatic carbocycles. The lowest BCUT2D eigenvalue weighted by Crippen LogP contribution is -2.53. The van der Waals surface area contributed by atoms with Crippen molar-refractivity contribution in [2.24, 2.45) is 11.5 Å². The summed E-state index contributed by atoms with van der Waals surface area (Å²) in [5, 5.41) is 8.56. The van der Waals surface area contributed by atoms with Gasteiger partial charge >= 0.3 is 6.09 Å². The standard InChI is InChI=1S/C41H43FN6O6.2C2H6.CH3B/c42-36-14-13-27(24-37(44)32-11-5-6-12-33(32)39(45)50)23-34(36)40(51)47-18-16-46(17-19-47)38(49)25-48(20-22-53-21-15-43)41(52)54-26-35-30-9-3-1-7-28(30)29-8-2-4-10-31(29)35;3*1-2/h1-14,23,35,44H,15-22,24-26,43H2,(H2,45,50);2*1-2H3;1H3. The number of rotatable bonds is 14. The zero-order valence-corrected chi connectivity index (χ0v) is 35.4. The average Bonchev–Trinajstić information content (AvgIpc) is 3.62. The Morgan fingerprint density at radius 3 is 1.92 bits per heavy atom. The predicted octanol–water partition coefficient (Wildman–Crippen LogP) is 6.30. The number of ether oxygens (including phenoxy) is 2. The van der Waals surface area contributed by atoms with Gasteiger partial charge in [0.05, 0.1) is 26.6 Å². The third-order valence-corrected chi connectivity index (χ3v) is 9.77. The Balaban J connectivity index is 0.00000153. The zero-order chi connectivity index (χ0) is 44.2. The molecule has 6 rings (SSSR count). The normalized spacial score (nSPS) is 12.5. The fourth-order valence-electron chi connectivity index (χ4n) is 6.98. The topological polar surface area (TPSA) is 172 Å². The van der Waals surface area contributed by atoms with Crippen LogP contribution in [0.4, 0.5) is 9.18 Å². The molecule has 12 nitrogen and oxygen atoms in total. The molecule has 318 valence electrons. The van der Waals surface area contributed by atoms with Gasteiger partial charge in [0.1, 0.15) is 19.0 Å². The van der Waals surface area contributed by atoms with Crippen molar-refractivity contribution in [3.05, 3.63) is 130 Å². The molecule has 0 bridgehead atoms. The molecular formula is C46H58BFN6O6. The van der Waals surface area contributed by atoms with E-state index in [2.05, 4.69) is 20.0 Å². The van der Waals surface area contributed by atoms with E-state index in [-0.39, 0.29) is 87.6 Å². The largest absolute Gasteiger partial charge is 0.448 e. The van der Waals surface area contributed by atoms with Gasteiger partial charge in [-0.05, 0) is 46.0 Å². The van der Waals surface area contributed by atoms with Gasteiger partial charge in [-0.25, -0.2) is 9.18 Å². The third kappa shape index (κ3) is 12.3. The number of halogens is 1. The lowest BCUT2D eigenvalue weighted by Gasteiger charge is -2.36. The monoisotopic (exact) mass is 820 g/mol. The molecule has 2 aliphatic rings. The molecule has 0 unspecified atom stereocenters. The maximum atomic E-state index is 15.0. The molecule has 1 saturated heterocycles. The summed E-state index contributed by atoms with van der Waals surface area (Å²) in [5.74, 6) is -2.37. The van der Waals surface area contributed by atoms with Gasteiger partial charge in [0.25, 0.3) is 5.91 Å². The molecule has 0 aromatic heterocycles. The Morgan fingerprint density at radius 1 is 0.783 bits per heavy atom. The third-order valence-electron chi connectivity index (χ3n) is 9.77. The number of piperazine rings is 1. The van der Waals surface area contributed by atoms with Crippen LogP contribution in [0.5, 0.6) is 0 Å². The molecule has 5 N–H and O–H groups in total. The molecule has 4 amide bonds. The quantitative estimate of drug-likeness (QED) is 0.0761. The second-order valence-electron chi connectivity index (χ2n) is 13.2. The maximum absolute atomic E-state index is 15.0. The summed E-state index contributed by atoms with van der Waals surface area (Å²) in [5.41, 5.74) is 16.4. The van der Waals surface area contributed by atoms with Crippen molar-refractivity contribution < 1.29 is 33.0 Å². The van der Waals surface area contributed by atoms with E-state index < -0.39 is 23.7 Å². The number of nitrogens with zero attached hydrogens (tertiary/aromatic N) is 3. The maximum Gasteiger partial charge on any atom is 0.410 e. The number of hydrogen-bond donors (Lipinski definition) is 3. The highest BCUT2D eigenvalue weighted by molar-refractivity contribution is 6.09. The minimum Gasteiger partial charge on any atom is -0.448 e. The lowest BCUT2D eigenvalue weighted by molar-refractivity contribution is -0.133. The van der Waals surface area contributed by atoms with Crippen LogP contribution in [0, 0.1) is 11.2 Å². The van der Waals surface area contributed by atoms with E-state index in [1.165, 1.54) is 40.9 Å². The fourth-order valence-corrected chi connectivity index (χ4v) is 6.98. The van der Waals surface area contributed by atoms with Crippen molar-refractivity contribution in [3.63, 3.8) is 0 Å². The van der Waals surface area contributed by atoms with E-state index in [0.29, 0.717) is 24.3 Å². The lowest BCUT2D eigenvalue weighted by atomic mass is 9.96. The number of nitrogens with one attached hydrogen (secondary N) is 1. The van der Waals surface area contributed by atoms with Crippen LogP contribution in [0.3, 0.4) is 0 Å². The number of carbonyl (C=O) groups is 4. The van der Waals surface area contributed by atoms with Crippen molar-refractivity contribution in [1.29, 1.82) is 5.41 Å². The van der Waals surface area contributed by atoms with Gasteiger partial charge in [-0.2, -0.15) is 0 Å². The average molecular weight is 821 g/mol. The van der Waals surface area contributed by atoms with Crippen LogP contribution in [-0.4, -0.2) is 118 Å². The smallest absolute Gasteiger partial charge is 0.410 e. The first-order chi connectivity index (χ1) is 29.2. The first-order valence-electron chi connectivity index (χ1n) is 20.4. The summed E-state index contributed by atoms with van der Waals surface area (Å²) in [6, 6.07) is 26.6. The van der Waals surface area contributed by atoms with Crippen LogP contribution in [0.25, 0.3) is 11.1 Å². The molecule has 2 radical (unpaired) electrons. The van der Waals surface area contributed by atoms with Gasteiger partial charge < -0.3 is 36.2 Å². The molecule has 0 saturated carbocycles. The van der Waals surface area contributed by atoms with E-state index >= 15 is 0 Å². The van der Waals surface area contributed by atoms with Gasteiger partial charge in [0.15, 0.2) is 0 Å². The summed E-state index contributed by atoms with van der Waals surface area (Å²) >= 11 is 0. The van der Waals surface area contributed by atoms with E-state index in [1.54, 1.807) is 23.1 Å². The first-order valence-corrected chi connectivity index (χ1v) is 20.4. The Hall–Kier alpha value is -5.86. The van der Waals surface area contributed by atoms with Crippen molar-refractivity contribution in [2.45, 2.75) is 46.9 Å². The van der Waals surface area contributed by atoms with Crippen molar-refractivity contribution in [3.8, 4) is 11.1 Å². The Bertz CT molecular complexity index is 2010. The van der Waals surface area contributed by atoms with Crippen LogP contribution < -0.4 is 11.5 Å². The van der Waals surface area contributed by atoms with Crippen molar-refractivity contribution >= 4 is 37.4 Å². The molecular weight excluding hydrogens is 762 g/mol. The zero-order valence-electron chi connectivity index (χ0n) is 35.4. The molecule has 4 aromatic carbocycles. The molecule has 1 fully saturated rings. The predicted molar refractivity (Wildman–Crippen MR) is 235 cm³/mol. The highest BCUT2D eigenvalue weighted by atomic mass is 19.1. The molecule has 60 heavy (non-hydrogen) atoms. The minimum atomic E-state index is -0.707. The second-order valence-corrected chi connectivity index (χ2v) is 13.2. The van der Waals surface area contributed by atoms with Gasteiger partial charge in [0.2, 0.25) is 11.8 Å². The number of carbonyl (C=O) groups excluding carboxylic acids is 4. The van der Waals surface area contributed by atoms with Gasteiger partial charge in [-0.15, -0.1) is 0 Å². The van der Waals surface area contributed by atoms with Crippen LogP contribution in [0.2, 0.25) is 6.82 Å². The minimum absolute atomic E-state index is 0.0462. The summed E-state index contributed by atoms with van der Waals surface area (Å²) in [4.78, 5) is 56.7. The SMILES string of the molecule is CC.CC.N=C(Cc1ccc(F)c(C(=O)N2CCN(C(=O)CN(CCOCCN)C(=O)OCC3c4ccccc4-c4ccccc43)CC2)c1)c1ccccc1C(N)=O.[B]C. The molecule has 0 spiro atoms. The Kier molecular flexibility index (Phi) is 20.2. The summed E-state index contributed by atoms with van der Waals surface area (Å²) in [6.07, 6.45) is -0.596. The van der Waals surface area contributed by atoms with Crippen LogP contribution >= 0.6 is 0 Å². The summed E-state index contributed by atoms with van der Waals surface area (Å²) < 4.78 is 26.4. The van der Waals surface area contributed by atoms with Crippen molar-refractivity contribution in [2.75, 3.05) is 65.6 Å². The van der Waals surface area contributed by atoms with Crippen LogP contribution in [-0.2, 0) is 20.7 Å². The summed E-state index contributed by atoms with van der Waals surface area (Å²) in [6.45, 7) is 10.9.